The summed E-state index contributed by atoms with van der Waals surface area (Å²) in [5.41, 5.74) is 2.88. The maximum Gasteiger partial charge on any atom is 0.222 e. The van der Waals surface area contributed by atoms with Gasteiger partial charge in [-0.05, 0) is 19.3 Å². The summed E-state index contributed by atoms with van der Waals surface area (Å²) < 4.78 is 5.09. The zero-order valence-electron chi connectivity index (χ0n) is 12.4. The van der Waals surface area contributed by atoms with Gasteiger partial charge in [0.05, 0.1) is 30.5 Å². The first-order chi connectivity index (χ1) is 10.9. The van der Waals surface area contributed by atoms with Crippen molar-refractivity contribution in [2.24, 2.45) is 0 Å². The minimum absolute atomic E-state index is 0.518. The van der Waals surface area contributed by atoms with Crippen LogP contribution in [0, 0.1) is 0 Å². The van der Waals surface area contributed by atoms with Crippen molar-refractivity contribution in [3.63, 3.8) is 0 Å². The lowest BCUT2D eigenvalue weighted by atomic mass is 10.1. The Morgan fingerprint density at radius 2 is 2.18 bits per heavy atom. The van der Waals surface area contributed by atoms with Crippen LogP contribution in [0.25, 0.3) is 11.3 Å². The van der Waals surface area contributed by atoms with Crippen LogP contribution >= 0.6 is 0 Å². The van der Waals surface area contributed by atoms with Crippen LogP contribution in [0.3, 0.4) is 0 Å². The summed E-state index contributed by atoms with van der Waals surface area (Å²) in [6.07, 6.45) is 11.6. The van der Waals surface area contributed by atoms with Crippen LogP contribution in [-0.2, 0) is 4.74 Å². The zero-order chi connectivity index (χ0) is 15.2. The van der Waals surface area contributed by atoms with Crippen molar-refractivity contribution in [3.05, 3.63) is 43.3 Å². The Morgan fingerprint density at radius 1 is 1.27 bits per heavy atom. The van der Waals surface area contributed by atoms with Gasteiger partial charge in [0.25, 0.3) is 0 Å². The van der Waals surface area contributed by atoms with Crippen molar-refractivity contribution in [2.45, 2.75) is 25.2 Å². The van der Waals surface area contributed by atoms with E-state index in [-0.39, 0.29) is 0 Å². The first-order valence-electron chi connectivity index (χ1n) is 7.48. The molecule has 0 saturated heterocycles. The number of nitrogens with zero attached hydrogens (tertiary/aromatic N) is 4. The molecule has 0 aliphatic heterocycles. The van der Waals surface area contributed by atoms with Crippen LogP contribution in [0.15, 0.2) is 37.6 Å². The minimum atomic E-state index is 0.518. The van der Waals surface area contributed by atoms with Gasteiger partial charge in [-0.1, -0.05) is 6.58 Å². The Morgan fingerprint density at radius 3 is 2.91 bits per heavy atom. The molecular weight excluding hydrogens is 278 g/mol. The molecule has 3 rings (SSSR count). The number of ether oxygens (including phenoxy) is 1. The van der Waals surface area contributed by atoms with Gasteiger partial charge in [-0.3, -0.25) is 9.97 Å². The minimum Gasteiger partial charge on any atom is -0.502 e. The molecule has 0 bridgehead atoms. The van der Waals surface area contributed by atoms with Crippen molar-refractivity contribution < 1.29 is 4.74 Å². The van der Waals surface area contributed by atoms with Crippen molar-refractivity contribution in [3.8, 4) is 11.3 Å². The molecule has 2 aromatic heterocycles. The third-order valence-corrected chi connectivity index (χ3v) is 3.46. The molecule has 1 N–H and O–H groups in total. The van der Waals surface area contributed by atoms with Gasteiger partial charge in [0.15, 0.2) is 0 Å². The average molecular weight is 297 g/mol. The van der Waals surface area contributed by atoms with Crippen LogP contribution in [0.5, 0.6) is 0 Å². The quantitative estimate of drug-likeness (QED) is 0.596. The highest BCUT2D eigenvalue weighted by molar-refractivity contribution is 5.62. The lowest BCUT2D eigenvalue weighted by molar-refractivity contribution is 0.249. The van der Waals surface area contributed by atoms with Crippen molar-refractivity contribution in [2.75, 3.05) is 18.5 Å². The average Bonchev–Trinajstić information content (AvgIpc) is 3.40. The molecule has 0 aromatic carbocycles. The Kier molecular flexibility index (Phi) is 4.58. The molecule has 6 nitrogen and oxygen atoms in total. The molecule has 6 heteroatoms. The van der Waals surface area contributed by atoms with E-state index in [1.165, 1.54) is 19.1 Å². The van der Waals surface area contributed by atoms with E-state index in [1.54, 1.807) is 18.6 Å². The predicted octanol–water partition coefficient (Wildman–Crippen LogP) is 2.77. The number of aromatic nitrogens is 4. The highest BCUT2D eigenvalue weighted by Gasteiger charge is 2.29. The molecule has 2 aromatic rings. The number of hydrogen-bond donors (Lipinski definition) is 1. The summed E-state index contributed by atoms with van der Waals surface area (Å²) in [4.78, 5) is 17.6. The molecule has 0 unspecified atom stereocenters. The summed E-state index contributed by atoms with van der Waals surface area (Å²) in [5.74, 6) is 1.18. The summed E-state index contributed by atoms with van der Waals surface area (Å²) in [6.45, 7) is 4.92. The molecule has 0 spiro atoms. The van der Waals surface area contributed by atoms with E-state index in [9.17, 15) is 0 Å². The normalized spacial score (nSPS) is 13.6. The molecule has 1 fully saturated rings. The van der Waals surface area contributed by atoms with Gasteiger partial charge < -0.3 is 10.1 Å². The molecule has 114 valence electrons. The monoisotopic (exact) mass is 297 g/mol. The second-order valence-electron chi connectivity index (χ2n) is 5.18. The van der Waals surface area contributed by atoms with Crippen LogP contribution in [-0.4, -0.2) is 33.1 Å². The molecular formula is C16H19N5O. The Bertz CT molecular complexity index is 628. The molecule has 0 atom stereocenters. The molecule has 1 aliphatic carbocycles. The smallest absolute Gasteiger partial charge is 0.222 e. The molecule has 22 heavy (non-hydrogen) atoms. The molecule has 1 aliphatic rings. The molecule has 0 radical (unpaired) electrons. The van der Waals surface area contributed by atoms with E-state index in [4.69, 9.17) is 4.74 Å². The lowest BCUT2D eigenvalue weighted by Crippen LogP contribution is -2.09. The van der Waals surface area contributed by atoms with Crippen molar-refractivity contribution >= 4 is 5.95 Å². The van der Waals surface area contributed by atoms with E-state index < -0.39 is 0 Å². The van der Waals surface area contributed by atoms with Crippen molar-refractivity contribution in [1.29, 1.82) is 0 Å². The van der Waals surface area contributed by atoms with Gasteiger partial charge >= 0.3 is 0 Å². The molecule has 2 heterocycles. The first-order valence-corrected chi connectivity index (χ1v) is 7.48. The van der Waals surface area contributed by atoms with Gasteiger partial charge in [0.2, 0.25) is 5.95 Å². The summed E-state index contributed by atoms with van der Waals surface area (Å²) in [5, 5.41) is 3.23. The largest absolute Gasteiger partial charge is 0.502 e. The Hall–Kier alpha value is -2.50. The number of hydrogen-bond acceptors (Lipinski definition) is 6. The second-order valence-corrected chi connectivity index (χ2v) is 5.18. The van der Waals surface area contributed by atoms with Gasteiger partial charge in [-0.2, -0.15) is 0 Å². The third kappa shape index (κ3) is 3.58. The van der Waals surface area contributed by atoms with E-state index in [1.807, 2.05) is 6.20 Å². The van der Waals surface area contributed by atoms with Gasteiger partial charge in [-0.25, -0.2) is 9.97 Å². The summed E-state index contributed by atoms with van der Waals surface area (Å²) >= 11 is 0. The summed E-state index contributed by atoms with van der Waals surface area (Å²) in [6, 6.07) is 0. The van der Waals surface area contributed by atoms with Crippen LogP contribution in [0.4, 0.5) is 5.95 Å². The maximum absolute atomic E-state index is 5.09. The van der Waals surface area contributed by atoms with Gasteiger partial charge in [0.1, 0.15) is 0 Å². The first kappa shape index (κ1) is 14.4. The Balaban J connectivity index is 1.72. The van der Waals surface area contributed by atoms with E-state index in [0.29, 0.717) is 18.5 Å². The highest BCUT2D eigenvalue weighted by atomic mass is 16.5. The van der Waals surface area contributed by atoms with Gasteiger partial charge in [0, 0.05) is 36.6 Å². The Labute approximate surface area is 129 Å². The van der Waals surface area contributed by atoms with E-state index in [2.05, 4.69) is 31.8 Å². The number of nitrogens with one attached hydrogen (secondary N) is 1. The third-order valence-electron chi connectivity index (χ3n) is 3.46. The predicted molar refractivity (Wildman–Crippen MR) is 84.3 cm³/mol. The zero-order valence-corrected chi connectivity index (χ0v) is 12.4. The van der Waals surface area contributed by atoms with E-state index in [0.717, 1.165) is 29.9 Å². The SMILES string of the molecule is C=COCCCNc1ncc(-c2cnccn2)c(C2CC2)n1. The molecule has 1 saturated carbocycles. The van der Waals surface area contributed by atoms with Crippen LogP contribution in [0.1, 0.15) is 30.9 Å². The number of rotatable bonds is 8. The van der Waals surface area contributed by atoms with Crippen LogP contribution in [0.2, 0.25) is 0 Å². The highest BCUT2D eigenvalue weighted by Crippen LogP contribution is 2.42. The van der Waals surface area contributed by atoms with E-state index >= 15 is 0 Å². The fourth-order valence-electron chi connectivity index (χ4n) is 2.22. The van der Waals surface area contributed by atoms with Crippen molar-refractivity contribution in [1.82, 2.24) is 19.9 Å². The standard InChI is InChI=1S/C16H19N5O/c1-2-22-9-3-6-19-16-20-10-13(14-11-17-7-8-18-14)15(21-16)12-4-5-12/h2,7-8,10-12H,1,3-6,9H2,(H,19,20,21). The fourth-order valence-corrected chi connectivity index (χ4v) is 2.22. The second kappa shape index (κ2) is 6.98. The molecule has 0 amide bonds. The fraction of sp³-hybridized carbons (Fsp3) is 0.375. The van der Waals surface area contributed by atoms with Crippen LogP contribution < -0.4 is 5.32 Å². The number of anilines is 1. The topological polar surface area (TPSA) is 72.8 Å². The lowest BCUT2D eigenvalue weighted by Gasteiger charge is -2.10. The van der Waals surface area contributed by atoms with Gasteiger partial charge in [-0.15, -0.1) is 0 Å². The maximum atomic E-state index is 5.09. The summed E-state index contributed by atoms with van der Waals surface area (Å²) in [7, 11) is 0.